The van der Waals surface area contributed by atoms with E-state index in [9.17, 15) is 4.79 Å². The van der Waals surface area contributed by atoms with Crippen molar-refractivity contribution in [3.05, 3.63) is 0 Å². The van der Waals surface area contributed by atoms with Crippen LogP contribution in [0.4, 0.5) is 0 Å². The SMILES string of the molecule is CCC1CCCCN1CC(N)C(N)=O. The average molecular weight is 199 g/mol. The zero-order valence-corrected chi connectivity index (χ0v) is 8.91. The summed E-state index contributed by atoms with van der Waals surface area (Å²) in [5.74, 6) is -0.398. The first-order valence-corrected chi connectivity index (χ1v) is 5.44. The van der Waals surface area contributed by atoms with Crippen LogP contribution in [0.1, 0.15) is 32.6 Å². The van der Waals surface area contributed by atoms with Gasteiger partial charge in [0.05, 0.1) is 6.04 Å². The molecule has 1 rings (SSSR count). The smallest absolute Gasteiger partial charge is 0.235 e. The van der Waals surface area contributed by atoms with Crippen LogP contribution in [-0.2, 0) is 4.79 Å². The van der Waals surface area contributed by atoms with Gasteiger partial charge in [0.15, 0.2) is 0 Å². The Hall–Kier alpha value is -0.610. The van der Waals surface area contributed by atoms with Crippen LogP contribution in [0.15, 0.2) is 0 Å². The molecule has 82 valence electrons. The van der Waals surface area contributed by atoms with E-state index < -0.39 is 11.9 Å². The Balaban J connectivity index is 2.44. The van der Waals surface area contributed by atoms with E-state index in [1.165, 1.54) is 19.3 Å². The van der Waals surface area contributed by atoms with Gasteiger partial charge >= 0.3 is 0 Å². The van der Waals surface area contributed by atoms with Crippen LogP contribution in [0, 0.1) is 0 Å². The van der Waals surface area contributed by atoms with Crippen LogP contribution >= 0.6 is 0 Å². The number of rotatable bonds is 4. The van der Waals surface area contributed by atoms with Gasteiger partial charge in [0, 0.05) is 12.6 Å². The van der Waals surface area contributed by atoms with Gasteiger partial charge in [-0.05, 0) is 25.8 Å². The van der Waals surface area contributed by atoms with Crippen molar-refractivity contribution in [1.82, 2.24) is 4.90 Å². The Morgan fingerprint density at radius 2 is 2.29 bits per heavy atom. The fourth-order valence-electron chi connectivity index (χ4n) is 2.11. The molecule has 0 radical (unpaired) electrons. The number of nitrogens with two attached hydrogens (primary N) is 2. The zero-order valence-electron chi connectivity index (χ0n) is 8.91. The normalized spacial score (nSPS) is 26.0. The Bertz CT molecular complexity index is 196. The van der Waals surface area contributed by atoms with Crippen molar-refractivity contribution >= 4 is 5.91 Å². The van der Waals surface area contributed by atoms with Gasteiger partial charge in [0.25, 0.3) is 0 Å². The quantitative estimate of drug-likeness (QED) is 0.672. The molecule has 1 heterocycles. The third kappa shape index (κ3) is 2.96. The second-order valence-electron chi connectivity index (χ2n) is 4.06. The molecule has 14 heavy (non-hydrogen) atoms. The minimum absolute atomic E-state index is 0.398. The van der Waals surface area contributed by atoms with Crippen molar-refractivity contribution in [3.8, 4) is 0 Å². The van der Waals surface area contributed by atoms with Gasteiger partial charge in [-0.1, -0.05) is 13.3 Å². The lowest BCUT2D eigenvalue weighted by Crippen LogP contribution is -2.50. The third-order valence-electron chi connectivity index (χ3n) is 3.02. The van der Waals surface area contributed by atoms with Crippen molar-refractivity contribution in [3.63, 3.8) is 0 Å². The molecule has 0 aromatic carbocycles. The molecule has 4 heteroatoms. The molecule has 1 saturated heterocycles. The van der Waals surface area contributed by atoms with E-state index >= 15 is 0 Å². The van der Waals surface area contributed by atoms with Gasteiger partial charge in [0.1, 0.15) is 0 Å². The maximum atomic E-state index is 10.8. The van der Waals surface area contributed by atoms with Crippen LogP contribution in [0.2, 0.25) is 0 Å². The van der Waals surface area contributed by atoms with Crippen molar-refractivity contribution in [2.75, 3.05) is 13.1 Å². The summed E-state index contributed by atoms with van der Waals surface area (Å²) in [6.45, 7) is 3.85. The van der Waals surface area contributed by atoms with Crippen molar-refractivity contribution in [1.29, 1.82) is 0 Å². The van der Waals surface area contributed by atoms with E-state index in [0.29, 0.717) is 12.6 Å². The molecule has 4 nitrogen and oxygen atoms in total. The molecule has 1 amide bonds. The predicted octanol–water partition coefficient (Wildman–Crippen LogP) is 0.0635. The lowest BCUT2D eigenvalue weighted by molar-refractivity contribution is -0.119. The second-order valence-corrected chi connectivity index (χ2v) is 4.06. The van der Waals surface area contributed by atoms with Crippen LogP contribution in [-0.4, -0.2) is 36.0 Å². The number of piperidine rings is 1. The maximum absolute atomic E-state index is 10.8. The first kappa shape index (κ1) is 11.5. The van der Waals surface area contributed by atoms with E-state index in [1.807, 2.05) is 0 Å². The Kier molecular flexibility index (Phi) is 4.35. The Morgan fingerprint density at radius 3 is 2.86 bits per heavy atom. The van der Waals surface area contributed by atoms with Crippen LogP contribution < -0.4 is 11.5 Å². The fourth-order valence-corrected chi connectivity index (χ4v) is 2.11. The molecule has 2 atom stereocenters. The standard InChI is InChI=1S/C10H21N3O/c1-2-8-5-3-4-6-13(8)7-9(11)10(12)14/h8-9H,2-7,11H2,1H3,(H2,12,14). The van der Waals surface area contributed by atoms with Crippen molar-refractivity contribution < 1.29 is 4.79 Å². The van der Waals surface area contributed by atoms with E-state index in [2.05, 4.69) is 11.8 Å². The molecular weight excluding hydrogens is 178 g/mol. The lowest BCUT2D eigenvalue weighted by Gasteiger charge is -2.36. The number of hydrogen-bond acceptors (Lipinski definition) is 3. The van der Waals surface area contributed by atoms with E-state index in [-0.39, 0.29) is 0 Å². The van der Waals surface area contributed by atoms with Gasteiger partial charge in [-0.2, -0.15) is 0 Å². The molecule has 0 saturated carbocycles. The van der Waals surface area contributed by atoms with Gasteiger partial charge < -0.3 is 11.5 Å². The van der Waals surface area contributed by atoms with Crippen LogP contribution in [0.5, 0.6) is 0 Å². The summed E-state index contributed by atoms with van der Waals surface area (Å²) in [6.07, 6.45) is 4.86. The van der Waals surface area contributed by atoms with E-state index in [1.54, 1.807) is 0 Å². The number of carbonyl (C=O) groups excluding carboxylic acids is 1. The molecule has 0 bridgehead atoms. The summed E-state index contributed by atoms with van der Waals surface area (Å²) in [5, 5.41) is 0. The summed E-state index contributed by atoms with van der Waals surface area (Å²) < 4.78 is 0. The van der Waals surface area contributed by atoms with Crippen LogP contribution in [0.25, 0.3) is 0 Å². The highest BCUT2D eigenvalue weighted by Gasteiger charge is 2.23. The summed E-state index contributed by atoms with van der Waals surface area (Å²) >= 11 is 0. The molecule has 0 spiro atoms. The summed E-state index contributed by atoms with van der Waals surface area (Å²) in [6, 6.07) is 0.0799. The number of hydrogen-bond donors (Lipinski definition) is 2. The minimum atomic E-state index is -0.512. The third-order valence-corrected chi connectivity index (χ3v) is 3.02. The highest BCUT2D eigenvalue weighted by molar-refractivity contribution is 5.79. The molecule has 4 N–H and O–H groups in total. The van der Waals surface area contributed by atoms with Crippen molar-refractivity contribution in [2.24, 2.45) is 11.5 Å². The number of primary amides is 1. The summed E-state index contributed by atoms with van der Waals surface area (Å²) in [5.41, 5.74) is 10.8. The number of likely N-dealkylation sites (tertiary alicyclic amines) is 1. The second kappa shape index (κ2) is 5.32. The topological polar surface area (TPSA) is 72.3 Å². The zero-order chi connectivity index (χ0) is 10.6. The largest absolute Gasteiger partial charge is 0.368 e. The van der Waals surface area contributed by atoms with Gasteiger partial charge in [0.2, 0.25) is 5.91 Å². The van der Waals surface area contributed by atoms with Crippen LogP contribution in [0.3, 0.4) is 0 Å². The van der Waals surface area contributed by atoms with Gasteiger partial charge in [-0.3, -0.25) is 9.69 Å². The molecular formula is C10H21N3O. The first-order valence-electron chi connectivity index (χ1n) is 5.44. The molecule has 1 aliphatic rings. The number of carbonyl (C=O) groups is 1. The Labute approximate surface area is 85.6 Å². The van der Waals surface area contributed by atoms with Crippen molar-refractivity contribution in [2.45, 2.75) is 44.7 Å². The maximum Gasteiger partial charge on any atom is 0.235 e. The van der Waals surface area contributed by atoms with E-state index in [4.69, 9.17) is 11.5 Å². The summed E-state index contributed by atoms with van der Waals surface area (Å²) in [7, 11) is 0. The predicted molar refractivity (Wildman–Crippen MR) is 56.7 cm³/mol. The monoisotopic (exact) mass is 199 g/mol. The molecule has 0 aromatic heterocycles. The minimum Gasteiger partial charge on any atom is -0.368 e. The Morgan fingerprint density at radius 1 is 1.57 bits per heavy atom. The molecule has 2 unspecified atom stereocenters. The fraction of sp³-hybridized carbons (Fsp3) is 0.900. The number of amides is 1. The lowest BCUT2D eigenvalue weighted by atomic mass is 9.99. The van der Waals surface area contributed by atoms with Gasteiger partial charge in [-0.25, -0.2) is 0 Å². The highest BCUT2D eigenvalue weighted by atomic mass is 16.1. The first-order chi connectivity index (χ1) is 6.65. The highest BCUT2D eigenvalue weighted by Crippen LogP contribution is 2.19. The van der Waals surface area contributed by atoms with Gasteiger partial charge in [-0.15, -0.1) is 0 Å². The van der Waals surface area contributed by atoms with E-state index in [0.717, 1.165) is 13.0 Å². The number of nitrogens with zero attached hydrogens (tertiary/aromatic N) is 1. The average Bonchev–Trinajstić information content (AvgIpc) is 2.18. The molecule has 1 fully saturated rings. The molecule has 1 aliphatic heterocycles. The molecule has 0 aliphatic carbocycles. The molecule has 0 aromatic rings. The summed E-state index contributed by atoms with van der Waals surface area (Å²) in [4.78, 5) is 13.1.